The van der Waals surface area contributed by atoms with Crippen molar-refractivity contribution in [2.75, 3.05) is 18.9 Å². The van der Waals surface area contributed by atoms with Gasteiger partial charge < -0.3 is 4.90 Å². The predicted octanol–water partition coefficient (Wildman–Crippen LogP) is 3.27. The van der Waals surface area contributed by atoms with Crippen molar-refractivity contribution in [3.8, 4) is 11.8 Å². The number of nitrogens with one attached hydrogen (secondary N) is 1. The minimum Gasteiger partial charge on any atom is -0.327 e. The first-order valence-electron chi connectivity index (χ1n) is 6.93. The Balaban J connectivity index is 2.11. The molecule has 2 amide bonds. The first kappa shape index (κ1) is 17.3. The van der Waals surface area contributed by atoms with Gasteiger partial charge in [-0.2, -0.15) is 18.4 Å². The number of hydrogen-bond acceptors (Lipinski definition) is 3. The summed E-state index contributed by atoms with van der Waals surface area (Å²) in [6, 6.07) is 7.64. The molecule has 1 aromatic carbocycles. The largest absolute Gasteiger partial charge is 0.416 e. The highest BCUT2D eigenvalue weighted by Crippen LogP contribution is 2.30. The minimum atomic E-state index is -4.44. The third kappa shape index (κ3) is 4.25. The Bertz CT molecular complexity index is 763. The van der Waals surface area contributed by atoms with Crippen LogP contribution in [0.15, 0.2) is 36.5 Å². The lowest BCUT2D eigenvalue weighted by atomic mass is 10.2. The maximum atomic E-state index is 12.7. The average molecular weight is 337 g/mol. The molecule has 0 unspecified atom stereocenters. The molecule has 1 N–H and O–H groups in total. The van der Waals surface area contributed by atoms with Crippen LogP contribution in [0.1, 0.15) is 12.0 Å². The number of nitrogens with zero attached hydrogens (tertiary/aromatic N) is 4. The Morgan fingerprint density at radius 2 is 2.17 bits per heavy atom. The smallest absolute Gasteiger partial charge is 0.327 e. The number of carbonyl (C=O) groups excluding carboxylic acids is 1. The van der Waals surface area contributed by atoms with Crippen molar-refractivity contribution in [1.82, 2.24) is 14.7 Å². The number of hydrogen-bond donors (Lipinski definition) is 1. The van der Waals surface area contributed by atoms with E-state index in [1.165, 1.54) is 41.0 Å². The van der Waals surface area contributed by atoms with Gasteiger partial charge in [0.15, 0.2) is 5.82 Å². The summed E-state index contributed by atoms with van der Waals surface area (Å²) in [5, 5.41) is 15.0. The van der Waals surface area contributed by atoms with E-state index in [9.17, 15) is 18.0 Å². The monoisotopic (exact) mass is 337 g/mol. The molecule has 0 aliphatic carbocycles. The Labute approximate surface area is 136 Å². The van der Waals surface area contributed by atoms with E-state index in [2.05, 4.69) is 10.4 Å². The van der Waals surface area contributed by atoms with Crippen molar-refractivity contribution < 1.29 is 18.0 Å². The number of nitriles is 1. The number of halogens is 3. The van der Waals surface area contributed by atoms with Crippen LogP contribution in [0.25, 0.3) is 5.69 Å². The molecule has 0 spiro atoms. The van der Waals surface area contributed by atoms with Gasteiger partial charge in [0.05, 0.1) is 23.7 Å². The van der Waals surface area contributed by atoms with Crippen LogP contribution in [0, 0.1) is 11.3 Å². The number of carbonyl (C=O) groups is 1. The Kier molecular flexibility index (Phi) is 5.08. The molecule has 0 saturated carbocycles. The summed E-state index contributed by atoms with van der Waals surface area (Å²) in [5.41, 5.74) is -0.555. The van der Waals surface area contributed by atoms with Crippen LogP contribution in [-0.4, -0.2) is 34.3 Å². The molecule has 1 aromatic heterocycles. The molecule has 126 valence electrons. The highest BCUT2D eigenvalue weighted by atomic mass is 19.4. The molecule has 0 fully saturated rings. The second-order valence-electron chi connectivity index (χ2n) is 4.95. The number of amides is 2. The quantitative estimate of drug-likeness (QED) is 0.930. The van der Waals surface area contributed by atoms with Crippen molar-refractivity contribution in [3.63, 3.8) is 0 Å². The van der Waals surface area contributed by atoms with Gasteiger partial charge >= 0.3 is 12.2 Å². The van der Waals surface area contributed by atoms with E-state index in [0.717, 1.165) is 12.1 Å². The highest BCUT2D eigenvalue weighted by molar-refractivity contribution is 5.88. The summed E-state index contributed by atoms with van der Waals surface area (Å²) in [6.45, 7) is 0.261. The molecule has 1 heterocycles. The second-order valence-corrected chi connectivity index (χ2v) is 4.95. The van der Waals surface area contributed by atoms with Gasteiger partial charge in [0, 0.05) is 25.9 Å². The minimum absolute atomic E-state index is 0.196. The zero-order chi connectivity index (χ0) is 17.7. The molecule has 0 aliphatic rings. The van der Waals surface area contributed by atoms with Crippen LogP contribution in [0.5, 0.6) is 0 Å². The second kappa shape index (κ2) is 7.04. The van der Waals surface area contributed by atoms with E-state index in [0.29, 0.717) is 0 Å². The Hall–Kier alpha value is -3.02. The number of benzene rings is 1. The van der Waals surface area contributed by atoms with Gasteiger partial charge in [-0.05, 0) is 18.2 Å². The Morgan fingerprint density at radius 1 is 1.42 bits per heavy atom. The molecular weight excluding hydrogens is 323 g/mol. The standard InChI is InChI=1S/C15H14F3N5O/c1-22(8-3-7-19)14(24)20-13-6-9-23(21-13)12-5-2-4-11(10-12)15(16,17)18/h2,4-6,9-10H,3,8H2,1H3,(H,20,21,24). The number of aromatic nitrogens is 2. The van der Waals surface area contributed by atoms with Crippen LogP contribution >= 0.6 is 0 Å². The summed E-state index contributed by atoms with van der Waals surface area (Å²) in [6.07, 6.45) is -2.80. The van der Waals surface area contributed by atoms with Gasteiger partial charge in [-0.15, -0.1) is 5.10 Å². The fourth-order valence-electron chi connectivity index (χ4n) is 1.88. The molecule has 24 heavy (non-hydrogen) atoms. The topological polar surface area (TPSA) is 74.0 Å². The summed E-state index contributed by atoms with van der Waals surface area (Å²) in [4.78, 5) is 13.2. The SMILES string of the molecule is CN(CCC#N)C(=O)Nc1ccn(-c2cccc(C(F)(F)F)c2)n1. The van der Waals surface area contributed by atoms with Crippen LogP contribution in [0.2, 0.25) is 0 Å². The van der Waals surface area contributed by atoms with Gasteiger partial charge in [0.2, 0.25) is 0 Å². The molecule has 0 aliphatic heterocycles. The van der Waals surface area contributed by atoms with Crippen LogP contribution in [0.4, 0.5) is 23.8 Å². The molecular formula is C15H14F3N5O. The summed E-state index contributed by atoms with van der Waals surface area (Å²) in [5.74, 6) is 0.196. The lowest BCUT2D eigenvalue weighted by molar-refractivity contribution is -0.137. The summed E-state index contributed by atoms with van der Waals surface area (Å²) >= 11 is 0. The molecule has 6 nitrogen and oxygen atoms in total. The summed E-state index contributed by atoms with van der Waals surface area (Å²) in [7, 11) is 1.52. The summed E-state index contributed by atoms with van der Waals surface area (Å²) < 4.78 is 39.4. The zero-order valence-corrected chi connectivity index (χ0v) is 12.7. The number of anilines is 1. The maximum absolute atomic E-state index is 12.7. The number of rotatable bonds is 4. The third-order valence-electron chi connectivity index (χ3n) is 3.17. The van der Waals surface area contributed by atoms with Gasteiger partial charge in [-0.1, -0.05) is 6.07 Å². The molecule has 0 atom stereocenters. The molecule has 2 aromatic rings. The van der Waals surface area contributed by atoms with E-state index >= 15 is 0 Å². The molecule has 0 bridgehead atoms. The zero-order valence-electron chi connectivity index (χ0n) is 12.7. The van der Waals surface area contributed by atoms with E-state index in [-0.39, 0.29) is 24.5 Å². The average Bonchev–Trinajstić information content (AvgIpc) is 3.00. The molecule has 2 rings (SSSR count). The number of alkyl halides is 3. The normalized spacial score (nSPS) is 11.0. The van der Waals surface area contributed by atoms with Crippen LogP contribution in [0.3, 0.4) is 0 Å². The third-order valence-corrected chi connectivity index (χ3v) is 3.17. The van der Waals surface area contributed by atoms with Crippen molar-refractivity contribution >= 4 is 11.8 Å². The predicted molar refractivity (Wildman–Crippen MR) is 80.4 cm³/mol. The van der Waals surface area contributed by atoms with E-state index in [1.54, 1.807) is 0 Å². The highest BCUT2D eigenvalue weighted by Gasteiger charge is 2.30. The molecule has 0 radical (unpaired) electrons. The lowest BCUT2D eigenvalue weighted by Gasteiger charge is -2.15. The van der Waals surface area contributed by atoms with Gasteiger partial charge in [-0.25, -0.2) is 9.48 Å². The van der Waals surface area contributed by atoms with Crippen molar-refractivity contribution in [2.24, 2.45) is 0 Å². The van der Waals surface area contributed by atoms with E-state index < -0.39 is 17.8 Å². The van der Waals surface area contributed by atoms with Gasteiger partial charge in [0.1, 0.15) is 0 Å². The van der Waals surface area contributed by atoms with E-state index in [1.807, 2.05) is 6.07 Å². The van der Waals surface area contributed by atoms with Crippen LogP contribution in [-0.2, 0) is 6.18 Å². The van der Waals surface area contributed by atoms with Crippen molar-refractivity contribution in [2.45, 2.75) is 12.6 Å². The van der Waals surface area contributed by atoms with Gasteiger partial charge in [-0.3, -0.25) is 5.32 Å². The fourth-order valence-corrected chi connectivity index (χ4v) is 1.88. The first-order valence-corrected chi connectivity index (χ1v) is 6.93. The first-order chi connectivity index (χ1) is 11.3. The van der Waals surface area contributed by atoms with Crippen molar-refractivity contribution in [1.29, 1.82) is 5.26 Å². The number of urea groups is 1. The molecule has 0 saturated heterocycles. The van der Waals surface area contributed by atoms with Crippen LogP contribution < -0.4 is 5.32 Å². The fraction of sp³-hybridized carbons (Fsp3) is 0.267. The van der Waals surface area contributed by atoms with Crippen molar-refractivity contribution in [3.05, 3.63) is 42.1 Å². The lowest BCUT2D eigenvalue weighted by Crippen LogP contribution is -2.32. The Morgan fingerprint density at radius 3 is 2.83 bits per heavy atom. The maximum Gasteiger partial charge on any atom is 0.416 e. The van der Waals surface area contributed by atoms with Gasteiger partial charge in [0.25, 0.3) is 0 Å². The molecule has 9 heteroatoms. The van der Waals surface area contributed by atoms with E-state index in [4.69, 9.17) is 5.26 Å².